The minimum Gasteiger partial charge on any atom is -0.493 e. The fraction of sp³-hybridized carbons (Fsp3) is 0.250. The molecule has 5 rings (SSSR count). The van der Waals surface area contributed by atoms with Crippen LogP contribution >= 0.6 is 0 Å². The van der Waals surface area contributed by atoms with Gasteiger partial charge in [-0.05, 0) is 46.4 Å². The molecule has 0 aliphatic rings. The van der Waals surface area contributed by atoms with Gasteiger partial charge in [0.1, 0.15) is 6.61 Å². The number of hydrogen-bond acceptors (Lipinski definition) is 3. The van der Waals surface area contributed by atoms with Crippen LogP contribution in [-0.2, 0) is 17.9 Å². The summed E-state index contributed by atoms with van der Waals surface area (Å²) >= 11 is 0. The monoisotopic (exact) mass is 546 g/mol. The van der Waals surface area contributed by atoms with Crippen LogP contribution < -0.4 is 14.8 Å². The van der Waals surface area contributed by atoms with Crippen molar-refractivity contribution in [3.05, 3.63) is 132 Å². The van der Waals surface area contributed by atoms with E-state index in [0.29, 0.717) is 37.0 Å². The van der Waals surface area contributed by atoms with Crippen molar-refractivity contribution < 1.29 is 14.3 Å². The van der Waals surface area contributed by atoms with Crippen LogP contribution in [0.25, 0.3) is 10.9 Å². The molecular formula is C36H38N2O3. The Morgan fingerprint density at radius 3 is 2.22 bits per heavy atom. The van der Waals surface area contributed by atoms with Crippen molar-refractivity contribution in [3.63, 3.8) is 0 Å². The second-order valence-electron chi connectivity index (χ2n) is 10.9. The molecule has 210 valence electrons. The van der Waals surface area contributed by atoms with Crippen LogP contribution in [0.1, 0.15) is 48.4 Å². The van der Waals surface area contributed by atoms with Crippen LogP contribution in [0.15, 0.2) is 109 Å². The lowest BCUT2D eigenvalue weighted by Crippen LogP contribution is -2.28. The number of fused-ring (bicyclic) bond motifs is 1. The van der Waals surface area contributed by atoms with E-state index in [2.05, 4.69) is 84.5 Å². The van der Waals surface area contributed by atoms with Crippen molar-refractivity contribution in [2.75, 3.05) is 13.7 Å². The van der Waals surface area contributed by atoms with E-state index in [1.807, 2.05) is 48.5 Å². The van der Waals surface area contributed by atoms with Crippen LogP contribution in [0, 0.1) is 5.92 Å². The first-order chi connectivity index (χ1) is 20.0. The Balaban J connectivity index is 1.52. The van der Waals surface area contributed by atoms with Gasteiger partial charge in [-0.25, -0.2) is 0 Å². The summed E-state index contributed by atoms with van der Waals surface area (Å²) in [6.45, 7) is 6.06. The van der Waals surface area contributed by atoms with E-state index in [-0.39, 0.29) is 11.8 Å². The van der Waals surface area contributed by atoms with E-state index >= 15 is 0 Å². The topological polar surface area (TPSA) is 52.5 Å². The zero-order valence-electron chi connectivity index (χ0n) is 24.0. The van der Waals surface area contributed by atoms with E-state index < -0.39 is 0 Å². The molecule has 5 heteroatoms. The molecule has 41 heavy (non-hydrogen) atoms. The highest BCUT2D eigenvalue weighted by Gasteiger charge is 2.24. The van der Waals surface area contributed by atoms with E-state index in [0.717, 1.165) is 34.1 Å². The number of nitrogens with one attached hydrogen (secondary N) is 1. The van der Waals surface area contributed by atoms with Gasteiger partial charge in [-0.15, -0.1) is 0 Å². The van der Waals surface area contributed by atoms with Gasteiger partial charge in [-0.3, -0.25) is 4.79 Å². The number of methoxy groups -OCH3 is 1. The van der Waals surface area contributed by atoms with Crippen LogP contribution in [-0.4, -0.2) is 24.1 Å². The molecule has 1 amide bonds. The lowest BCUT2D eigenvalue weighted by atomic mass is 9.87. The number of ether oxygens (including phenoxy) is 2. The molecule has 5 aromatic rings. The summed E-state index contributed by atoms with van der Waals surface area (Å²) in [7, 11) is 1.66. The number of aromatic nitrogens is 1. The summed E-state index contributed by atoms with van der Waals surface area (Å²) in [4.78, 5) is 13.2. The molecule has 0 aliphatic heterocycles. The molecule has 4 aromatic carbocycles. The quantitative estimate of drug-likeness (QED) is 0.176. The molecule has 0 fully saturated rings. The maximum Gasteiger partial charge on any atom is 0.220 e. The zero-order chi connectivity index (χ0) is 28.6. The molecule has 1 atom stereocenters. The molecule has 5 nitrogen and oxygen atoms in total. The first kappa shape index (κ1) is 28.0. The standard InChI is InChI=1S/C36H38N2O3/c1-26(2)22-37-36(39)21-31(29-18-19-34(35(20-29)40-3)41-25-28-14-8-5-9-15-28)32-24-38(23-27-12-6-4-7-13-27)33-17-11-10-16-30(32)33/h4-20,24,26,31H,21-23,25H2,1-3H3,(H,37,39)/t31-/m1/s1. The lowest BCUT2D eigenvalue weighted by molar-refractivity contribution is -0.121. The van der Waals surface area contributed by atoms with E-state index in [1.165, 1.54) is 5.56 Å². The van der Waals surface area contributed by atoms with E-state index in [4.69, 9.17) is 9.47 Å². The Kier molecular flexibility index (Phi) is 9.05. The van der Waals surface area contributed by atoms with Crippen molar-refractivity contribution >= 4 is 16.8 Å². The van der Waals surface area contributed by atoms with Gasteiger partial charge >= 0.3 is 0 Å². The maximum atomic E-state index is 13.2. The molecule has 0 bridgehead atoms. The minimum atomic E-state index is -0.166. The van der Waals surface area contributed by atoms with Gasteiger partial charge in [0.15, 0.2) is 11.5 Å². The van der Waals surface area contributed by atoms with Crippen LogP contribution in [0.4, 0.5) is 0 Å². The summed E-state index contributed by atoms with van der Waals surface area (Å²) in [5.74, 6) is 1.58. The second kappa shape index (κ2) is 13.2. The van der Waals surface area contributed by atoms with Crippen LogP contribution in [0.5, 0.6) is 11.5 Å². The van der Waals surface area contributed by atoms with Crippen LogP contribution in [0.2, 0.25) is 0 Å². The Morgan fingerprint density at radius 2 is 1.51 bits per heavy atom. The van der Waals surface area contributed by atoms with Crippen molar-refractivity contribution in [2.45, 2.75) is 39.3 Å². The fourth-order valence-corrected chi connectivity index (χ4v) is 5.20. The van der Waals surface area contributed by atoms with Gasteiger partial charge in [-0.2, -0.15) is 0 Å². The summed E-state index contributed by atoms with van der Waals surface area (Å²) < 4.78 is 14.2. The predicted octanol–water partition coefficient (Wildman–Crippen LogP) is 7.57. The lowest BCUT2D eigenvalue weighted by Gasteiger charge is -2.20. The SMILES string of the molecule is COc1cc([C@@H](CC(=O)NCC(C)C)c2cn(Cc3ccccc3)c3ccccc23)ccc1OCc1ccccc1. The first-order valence-electron chi connectivity index (χ1n) is 14.2. The third kappa shape index (κ3) is 6.98. The number of para-hydroxylation sites is 1. The summed E-state index contributed by atoms with van der Waals surface area (Å²) in [6.07, 6.45) is 2.55. The van der Waals surface area contributed by atoms with E-state index in [9.17, 15) is 4.79 Å². The van der Waals surface area contributed by atoms with Gasteiger partial charge < -0.3 is 19.4 Å². The normalized spacial score (nSPS) is 11.9. The number of carbonyl (C=O) groups is 1. The average molecular weight is 547 g/mol. The summed E-state index contributed by atoms with van der Waals surface area (Å²) in [5, 5.41) is 4.27. The number of carbonyl (C=O) groups excluding carboxylic acids is 1. The molecule has 1 aromatic heterocycles. The molecule has 1 N–H and O–H groups in total. The molecule has 0 radical (unpaired) electrons. The first-order valence-corrected chi connectivity index (χ1v) is 14.2. The minimum absolute atomic E-state index is 0.0342. The Morgan fingerprint density at radius 1 is 0.829 bits per heavy atom. The third-order valence-electron chi connectivity index (χ3n) is 7.31. The smallest absolute Gasteiger partial charge is 0.220 e. The maximum absolute atomic E-state index is 13.2. The van der Waals surface area contributed by atoms with Gasteiger partial charge in [0, 0.05) is 42.5 Å². The van der Waals surface area contributed by atoms with Gasteiger partial charge in [0.25, 0.3) is 0 Å². The molecule has 0 spiro atoms. The van der Waals surface area contributed by atoms with E-state index in [1.54, 1.807) is 7.11 Å². The molecule has 1 heterocycles. The number of amides is 1. The second-order valence-corrected chi connectivity index (χ2v) is 10.9. The molecule has 0 saturated carbocycles. The fourth-order valence-electron chi connectivity index (χ4n) is 5.20. The van der Waals surface area contributed by atoms with Gasteiger partial charge in [0.2, 0.25) is 5.91 Å². The highest BCUT2D eigenvalue weighted by atomic mass is 16.5. The average Bonchev–Trinajstić information content (AvgIpc) is 3.36. The number of hydrogen-bond donors (Lipinski definition) is 1. The highest BCUT2D eigenvalue weighted by Crippen LogP contribution is 2.39. The van der Waals surface area contributed by atoms with Crippen molar-refractivity contribution in [2.24, 2.45) is 5.92 Å². The summed E-state index contributed by atoms with van der Waals surface area (Å²) in [6, 6.07) is 35.0. The highest BCUT2D eigenvalue weighted by molar-refractivity contribution is 5.87. The third-order valence-corrected chi connectivity index (χ3v) is 7.31. The Hall–Kier alpha value is -4.51. The number of benzene rings is 4. The zero-order valence-corrected chi connectivity index (χ0v) is 24.0. The molecule has 0 unspecified atom stereocenters. The Labute approximate surface area is 242 Å². The predicted molar refractivity (Wildman–Crippen MR) is 166 cm³/mol. The molecular weight excluding hydrogens is 508 g/mol. The van der Waals surface area contributed by atoms with Gasteiger partial charge in [0.05, 0.1) is 7.11 Å². The summed E-state index contributed by atoms with van der Waals surface area (Å²) in [5.41, 5.74) is 5.60. The number of nitrogens with zero attached hydrogens (tertiary/aromatic N) is 1. The molecule has 0 aliphatic carbocycles. The van der Waals surface area contributed by atoms with Crippen molar-refractivity contribution in [1.29, 1.82) is 0 Å². The largest absolute Gasteiger partial charge is 0.493 e. The van der Waals surface area contributed by atoms with Gasteiger partial charge in [-0.1, -0.05) is 98.8 Å². The Bertz CT molecular complexity index is 1580. The van der Waals surface area contributed by atoms with Crippen molar-refractivity contribution in [3.8, 4) is 11.5 Å². The molecule has 0 saturated heterocycles. The number of rotatable bonds is 12. The van der Waals surface area contributed by atoms with Crippen LogP contribution in [0.3, 0.4) is 0 Å². The van der Waals surface area contributed by atoms with Crippen molar-refractivity contribution in [1.82, 2.24) is 9.88 Å².